The summed E-state index contributed by atoms with van der Waals surface area (Å²) < 4.78 is 0. The average molecular weight is 234 g/mol. The molecule has 2 N–H and O–H groups in total. The van der Waals surface area contributed by atoms with Gasteiger partial charge in [0.1, 0.15) is 0 Å². The van der Waals surface area contributed by atoms with Crippen molar-refractivity contribution in [2.24, 2.45) is 0 Å². The van der Waals surface area contributed by atoms with E-state index in [0.717, 1.165) is 44.1 Å². The second-order valence-corrected chi connectivity index (χ2v) is 4.94. The van der Waals surface area contributed by atoms with Gasteiger partial charge in [-0.05, 0) is 18.9 Å². The smallest absolute Gasteiger partial charge is 0.314 e. The topological polar surface area (TPSA) is 61.0 Å². The van der Waals surface area contributed by atoms with Crippen molar-refractivity contribution in [2.75, 3.05) is 26.2 Å². The molecule has 3 rings (SSSR count). The maximum absolute atomic E-state index is 11.5. The number of nitrogens with one attached hydrogen (secondary N) is 2. The Morgan fingerprint density at radius 2 is 2.12 bits per heavy atom. The van der Waals surface area contributed by atoms with Crippen LogP contribution in [0.15, 0.2) is 10.9 Å². The Morgan fingerprint density at radius 3 is 2.82 bits per heavy atom. The number of aromatic amines is 1. The van der Waals surface area contributed by atoms with Crippen molar-refractivity contribution >= 4 is 0 Å². The van der Waals surface area contributed by atoms with Crippen molar-refractivity contribution in [3.8, 4) is 0 Å². The van der Waals surface area contributed by atoms with Gasteiger partial charge in [0.2, 0.25) is 0 Å². The molecule has 2 fully saturated rings. The first kappa shape index (κ1) is 10.9. The van der Waals surface area contributed by atoms with Crippen molar-refractivity contribution in [3.63, 3.8) is 0 Å². The minimum atomic E-state index is -0.195. The van der Waals surface area contributed by atoms with Crippen LogP contribution >= 0.6 is 0 Å². The molecule has 0 atom stereocenters. The van der Waals surface area contributed by atoms with Gasteiger partial charge in [-0.2, -0.15) is 4.98 Å². The molecule has 5 heteroatoms. The number of piperazine rings is 1. The summed E-state index contributed by atoms with van der Waals surface area (Å²) in [5.74, 6) is 0.541. The van der Waals surface area contributed by atoms with E-state index < -0.39 is 0 Å². The van der Waals surface area contributed by atoms with Gasteiger partial charge in [0, 0.05) is 44.3 Å². The van der Waals surface area contributed by atoms with Crippen LogP contribution in [0.4, 0.5) is 0 Å². The first-order valence-corrected chi connectivity index (χ1v) is 6.34. The second kappa shape index (κ2) is 4.58. The molecule has 0 spiro atoms. The SMILES string of the molecule is O=c1nc(C2CC2)cc(CN2CCNCC2)[nH]1. The lowest BCUT2D eigenvalue weighted by Gasteiger charge is -2.26. The summed E-state index contributed by atoms with van der Waals surface area (Å²) in [5, 5.41) is 3.33. The van der Waals surface area contributed by atoms with Crippen LogP contribution in [0.1, 0.15) is 30.1 Å². The molecule has 2 heterocycles. The summed E-state index contributed by atoms with van der Waals surface area (Å²) >= 11 is 0. The van der Waals surface area contributed by atoms with Gasteiger partial charge in [0.05, 0.1) is 5.69 Å². The van der Waals surface area contributed by atoms with E-state index in [9.17, 15) is 4.79 Å². The highest BCUT2D eigenvalue weighted by Crippen LogP contribution is 2.38. The molecule has 1 aromatic heterocycles. The minimum absolute atomic E-state index is 0.195. The molecule has 1 aliphatic carbocycles. The van der Waals surface area contributed by atoms with Crippen LogP contribution in [0.25, 0.3) is 0 Å². The number of rotatable bonds is 3. The Balaban J connectivity index is 1.74. The molecule has 0 radical (unpaired) electrons. The van der Waals surface area contributed by atoms with Crippen molar-refractivity contribution in [2.45, 2.75) is 25.3 Å². The van der Waals surface area contributed by atoms with E-state index in [1.807, 2.05) is 0 Å². The van der Waals surface area contributed by atoms with E-state index in [-0.39, 0.29) is 5.69 Å². The maximum atomic E-state index is 11.5. The van der Waals surface area contributed by atoms with Crippen LogP contribution in [-0.4, -0.2) is 41.0 Å². The first-order chi connectivity index (χ1) is 8.31. The Bertz CT molecular complexity index is 446. The van der Waals surface area contributed by atoms with E-state index in [1.54, 1.807) is 0 Å². The predicted octanol–water partition coefficient (Wildman–Crippen LogP) is 0.0525. The highest BCUT2D eigenvalue weighted by atomic mass is 16.1. The summed E-state index contributed by atoms with van der Waals surface area (Å²) in [5.41, 5.74) is 1.80. The van der Waals surface area contributed by atoms with Crippen LogP contribution in [0, 0.1) is 0 Å². The zero-order valence-corrected chi connectivity index (χ0v) is 9.91. The Morgan fingerprint density at radius 1 is 1.35 bits per heavy atom. The van der Waals surface area contributed by atoms with Crippen molar-refractivity contribution in [1.82, 2.24) is 20.2 Å². The van der Waals surface area contributed by atoms with Gasteiger partial charge in [-0.1, -0.05) is 0 Å². The average Bonchev–Trinajstić information content (AvgIpc) is 3.13. The van der Waals surface area contributed by atoms with Crippen molar-refractivity contribution < 1.29 is 0 Å². The predicted molar refractivity (Wildman–Crippen MR) is 65.0 cm³/mol. The van der Waals surface area contributed by atoms with E-state index in [2.05, 4.69) is 26.3 Å². The molecule has 92 valence electrons. The Kier molecular flexibility index (Phi) is 2.94. The third-order valence-corrected chi connectivity index (χ3v) is 3.42. The van der Waals surface area contributed by atoms with E-state index in [0.29, 0.717) is 5.92 Å². The monoisotopic (exact) mass is 234 g/mol. The molecule has 1 aliphatic heterocycles. The molecule has 1 aromatic rings. The molecular weight excluding hydrogens is 216 g/mol. The summed E-state index contributed by atoms with van der Waals surface area (Å²) in [6.45, 7) is 4.99. The maximum Gasteiger partial charge on any atom is 0.345 e. The van der Waals surface area contributed by atoms with Gasteiger partial charge in [-0.25, -0.2) is 4.79 Å². The van der Waals surface area contributed by atoms with Gasteiger partial charge in [0.25, 0.3) is 0 Å². The minimum Gasteiger partial charge on any atom is -0.314 e. The van der Waals surface area contributed by atoms with Crippen LogP contribution in [0.5, 0.6) is 0 Å². The van der Waals surface area contributed by atoms with E-state index in [4.69, 9.17) is 0 Å². The third-order valence-electron chi connectivity index (χ3n) is 3.42. The number of nitrogens with zero attached hydrogens (tertiary/aromatic N) is 2. The molecule has 0 unspecified atom stereocenters. The zero-order chi connectivity index (χ0) is 11.7. The zero-order valence-electron chi connectivity index (χ0n) is 9.91. The van der Waals surface area contributed by atoms with E-state index >= 15 is 0 Å². The Labute approximate surface area is 100 Å². The molecule has 0 aromatic carbocycles. The molecular formula is C12H18N4O. The lowest BCUT2D eigenvalue weighted by atomic mass is 10.2. The highest BCUT2D eigenvalue weighted by Gasteiger charge is 2.25. The number of aromatic nitrogens is 2. The second-order valence-electron chi connectivity index (χ2n) is 4.94. The van der Waals surface area contributed by atoms with Gasteiger partial charge in [-0.15, -0.1) is 0 Å². The number of hydrogen-bond acceptors (Lipinski definition) is 4. The fourth-order valence-electron chi connectivity index (χ4n) is 2.31. The molecule has 0 amide bonds. The molecule has 1 saturated carbocycles. The van der Waals surface area contributed by atoms with Gasteiger partial charge < -0.3 is 10.3 Å². The normalized spacial score (nSPS) is 21.6. The number of H-pyrrole nitrogens is 1. The largest absolute Gasteiger partial charge is 0.345 e. The molecule has 0 bridgehead atoms. The van der Waals surface area contributed by atoms with Crippen LogP contribution in [0.3, 0.4) is 0 Å². The molecule has 2 aliphatic rings. The van der Waals surface area contributed by atoms with Gasteiger partial charge >= 0.3 is 5.69 Å². The quantitative estimate of drug-likeness (QED) is 0.776. The van der Waals surface area contributed by atoms with Gasteiger partial charge in [0.15, 0.2) is 0 Å². The molecule has 5 nitrogen and oxygen atoms in total. The van der Waals surface area contributed by atoms with Crippen molar-refractivity contribution in [3.05, 3.63) is 27.9 Å². The fourth-order valence-corrected chi connectivity index (χ4v) is 2.31. The highest BCUT2D eigenvalue weighted by molar-refractivity contribution is 5.17. The first-order valence-electron chi connectivity index (χ1n) is 6.34. The van der Waals surface area contributed by atoms with Gasteiger partial charge in [-0.3, -0.25) is 4.90 Å². The third kappa shape index (κ3) is 2.73. The fraction of sp³-hybridized carbons (Fsp3) is 0.667. The summed E-state index contributed by atoms with van der Waals surface area (Å²) in [6.07, 6.45) is 2.37. The standard InChI is InChI=1S/C12H18N4O/c17-12-14-10(7-11(15-12)9-1-2-9)8-16-5-3-13-4-6-16/h7,9,13H,1-6,8H2,(H,14,15,17). The lowest BCUT2D eigenvalue weighted by molar-refractivity contribution is 0.230. The number of hydrogen-bond donors (Lipinski definition) is 2. The van der Waals surface area contributed by atoms with Crippen LogP contribution in [-0.2, 0) is 6.54 Å². The van der Waals surface area contributed by atoms with Crippen molar-refractivity contribution in [1.29, 1.82) is 0 Å². The van der Waals surface area contributed by atoms with Crippen LogP contribution in [0.2, 0.25) is 0 Å². The summed E-state index contributed by atoms with van der Waals surface area (Å²) in [6, 6.07) is 2.07. The summed E-state index contributed by atoms with van der Waals surface area (Å²) in [7, 11) is 0. The molecule has 17 heavy (non-hydrogen) atoms. The Hall–Kier alpha value is -1.20. The van der Waals surface area contributed by atoms with Crippen LogP contribution < -0.4 is 11.0 Å². The summed E-state index contributed by atoms with van der Waals surface area (Å²) in [4.78, 5) is 20.7. The molecule has 1 saturated heterocycles. The van der Waals surface area contributed by atoms with E-state index in [1.165, 1.54) is 12.8 Å². The lowest BCUT2D eigenvalue weighted by Crippen LogP contribution is -2.43.